The van der Waals surface area contributed by atoms with Gasteiger partial charge in [0.15, 0.2) is 0 Å². The Morgan fingerprint density at radius 1 is 0.542 bits per heavy atom. The Hall–Kier alpha value is 1.80. The van der Waals surface area contributed by atoms with Crippen LogP contribution in [0.25, 0.3) is 0 Å². The number of nitrogens with two attached hydrogens (primary N) is 2. The third kappa shape index (κ3) is 1580. The standard InChI is InChI=1S/C2H8N2.4C2H4O2.4Na/c3-1-2-4;4*1-2(3)4;;;;/h1-4H2;4*1H3,(H,3,4);;;;/q;;;;;4*+1. The third-order valence-corrected chi connectivity index (χ3v) is 0.167. The molecule has 10 nitrogen and oxygen atoms in total. The van der Waals surface area contributed by atoms with Crippen molar-refractivity contribution in [2.24, 2.45) is 11.5 Å². The molecule has 0 spiro atoms. The number of carboxylic acid groups (broad SMARTS) is 4. The van der Waals surface area contributed by atoms with Crippen LogP contribution in [0.3, 0.4) is 0 Å². The fourth-order valence-electron chi connectivity index (χ4n) is 0. The second kappa shape index (κ2) is 56.3. The van der Waals surface area contributed by atoms with Crippen LogP contribution in [0, 0.1) is 0 Å². The Bertz CT molecular complexity index is 205. The second-order valence-electron chi connectivity index (χ2n) is 2.65. The van der Waals surface area contributed by atoms with Gasteiger partial charge in [-0.25, -0.2) is 0 Å². The van der Waals surface area contributed by atoms with Crippen LogP contribution in [-0.2, 0) is 19.2 Å². The number of aliphatic carboxylic acids is 4. The molecule has 14 heteroatoms. The second-order valence-corrected chi connectivity index (χ2v) is 2.65. The molecule has 0 aliphatic heterocycles. The molecular weight excluding hydrogens is 368 g/mol. The van der Waals surface area contributed by atoms with E-state index in [0.717, 1.165) is 27.7 Å². The molecule has 0 unspecified atom stereocenters. The maximum atomic E-state index is 9.00. The van der Waals surface area contributed by atoms with Crippen molar-refractivity contribution < 1.29 is 158 Å². The van der Waals surface area contributed by atoms with Gasteiger partial charge in [0.25, 0.3) is 23.9 Å². The van der Waals surface area contributed by atoms with Gasteiger partial charge in [-0.2, -0.15) is 0 Å². The fourth-order valence-corrected chi connectivity index (χ4v) is 0. The van der Waals surface area contributed by atoms with Gasteiger partial charge in [-0.05, 0) is 0 Å². The molecule has 0 radical (unpaired) electrons. The molecule has 24 heavy (non-hydrogen) atoms. The topological polar surface area (TPSA) is 201 Å². The Labute approximate surface area is 230 Å². The van der Waals surface area contributed by atoms with Crippen LogP contribution >= 0.6 is 0 Å². The number of carboxylic acids is 4. The minimum Gasteiger partial charge on any atom is -0.481 e. The van der Waals surface area contributed by atoms with E-state index in [9.17, 15) is 0 Å². The molecule has 0 aromatic heterocycles. The minimum absolute atomic E-state index is 0. The molecular formula is C10H24N2Na4O8+4. The summed E-state index contributed by atoms with van der Waals surface area (Å²) in [4.78, 5) is 36.0. The summed E-state index contributed by atoms with van der Waals surface area (Å²) >= 11 is 0. The molecule has 0 rings (SSSR count). The van der Waals surface area contributed by atoms with Crippen LogP contribution in [0.4, 0.5) is 0 Å². The summed E-state index contributed by atoms with van der Waals surface area (Å²) in [5.41, 5.74) is 9.81. The van der Waals surface area contributed by atoms with E-state index in [1.165, 1.54) is 0 Å². The van der Waals surface area contributed by atoms with Crippen LogP contribution in [0.5, 0.6) is 0 Å². The summed E-state index contributed by atoms with van der Waals surface area (Å²) in [6, 6.07) is 0. The van der Waals surface area contributed by atoms with Crippen molar-refractivity contribution in [3.8, 4) is 0 Å². The first-order chi connectivity index (χ1) is 8.84. The number of hydrogen-bond acceptors (Lipinski definition) is 6. The number of carbonyl (C=O) groups is 4. The van der Waals surface area contributed by atoms with Crippen LogP contribution in [0.2, 0.25) is 0 Å². The smallest absolute Gasteiger partial charge is 0.481 e. The van der Waals surface area contributed by atoms with Gasteiger partial charge in [-0.15, -0.1) is 0 Å². The number of rotatable bonds is 1. The van der Waals surface area contributed by atoms with E-state index in [2.05, 4.69) is 0 Å². The molecule has 0 saturated carbocycles. The first-order valence-corrected chi connectivity index (χ1v) is 5.03. The molecule has 8 N–H and O–H groups in total. The van der Waals surface area contributed by atoms with Crippen molar-refractivity contribution >= 4 is 23.9 Å². The van der Waals surface area contributed by atoms with E-state index < -0.39 is 23.9 Å². The first-order valence-electron chi connectivity index (χ1n) is 5.03. The van der Waals surface area contributed by atoms with Crippen molar-refractivity contribution in [1.29, 1.82) is 0 Å². The van der Waals surface area contributed by atoms with Gasteiger partial charge in [0.1, 0.15) is 0 Å². The molecule has 0 atom stereocenters. The van der Waals surface area contributed by atoms with Gasteiger partial charge >= 0.3 is 118 Å². The minimum atomic E-state index is -0.833. The van der Waals surface area contributed by atoms with E-state index in [1.807, 2.05) is 0 Å². The predicted octanol–water partition coefficient (Wildman–Crippen LogP) is -12.7. The zero-order chi connectivity index (χ0) is 17.7. The van der Waals surface area contributed by atoms with E-state index in [1.54, 1.807) is 0 Å². The summed E-state index contributed by atoms with van der Waals surface area (Å²) in [6.45, 7) is 5.53. The Balaban J connectivity index is -0.0000000161. The molecule has 0 aliphatic carbocycles. The molecule has 0 fully saturated rings. The van der Waals surface area contributed by atoms with Crippen molar-refractivity contribution in [2.75, 3.05) is 13.1 Å². The summed E-state index contributed by atoms with van der Waals surface area (Å²) in [7, 11) is 0. The predicted molar refractivity (Wildman–Crippen MR) is 71.3 cm³/mol. The van der Waals surface area contributed by atoms with Gasteiger partial charge in [-0.1, -0.05) is 0 Å². The Morgan fingerprint density at radius 2 is 0.583 bits per heavy atom. The largest absolute Gasteiger partial charge is 1.00 e. The van der Waals surface area contributed by atoms with Crippen molar-refractivity contribution in [1.82, 2.24) is 0 Å². The van der Waals surface area contributed by atoms with Gasteiger partial charge in [-0.3, -0.25) is 19.2 Å². The van der Waals surface area contributed by atoms with Crippen molar-refractivity contribution in [2.45, 2.75) is 27.7 Å². The molecule has 122 valence electrons. The van der Waals surface area contributed by atoms with Crippen molar-refractivity contribution in [3.63, 3.8) is 0 Å². The van der Waals surface area contributed by atoms with Crippen LogP contribution in [-0.4, -0.2) is 57.4 Å². The van der Waals surface area contributed by atoms with Gasteiger partial charge in [0.05, 0.1) is 0 Å². The van der Waals surface area contributed by atoms with Gasteiger partial charge < -0.3 is 31.9 Å². The molecule has 0 aromatic rings. The molecule has 0 aromatic carbocycles. The van der Waals surface area contributed by atoms with Crippen LogP contribution in [0.15, 0.2) is 0 Å². The summed E-state index contributed by atoms with van der Waals surface area (Å²) in [5.74, 6) is -3.33. The van der Waals surface area contributed by atoms with Crippen LogP contribution < -0.4 is 130 Å². The summed E-state index contributed by atoms with van der Waals surface area (Å²) < 4.78 is 0. The molecule has 0 bridgehead atoms. The van der Waals surface area contributed by atoms with E-state index in [0.29, 0.717) is 13.1 Å². The normalized spacial score (nSPS) is 5.42. The fraction of sp³-hybridized carbons (Fsp3) is 0.600. The summed E-state index contributed by atoms with van der Waals surface area (Å²) in [5, 5.41) is 29.7. The quantitative estimate of drug-likeness (QED) is 0.233. The van der Waals surface area contributed by atoms with Gasteiger partial charge in [0.2, 0.25) is 0 Å². The Morgan fingerprint density at radius 3 is 0.583 bits per heavy atom. The maximum absolute atomic E-state index is 9.00. The molecule has 0 aliphatic rings. The third-order valence-electron chi connectivity index (χ3n) is 0.167. The zero-order valence-electron chi connectivity index (χ0n) is 16.0. The average Bonchev–Trinajstić information content (AvgIpc) is 2.13. The van der Waals surface area contributed by atoms with E-state index in [-0.39, 0.29) is 118 Å². The van der Waals surface area contributed by atoms with E-state index >= 15 is 0 Å². The van der Waals surface area contributed by atoms with Crippen molar-refractivity contribution in [3.05, 3.63) is 0 Å². The molecule has 0 saturated heterocycles. The average molecular weight is 392 g/mol. The molecule has 0 heterocycles. The monoisotopic (exact) mass is 392 g/mol. The zero-order valence-corrected chi connectivity index (χ0v) is 24.0. The SMILES string of the molecule is CC(=O)O.CC(=O)O.CC(=O)O.CC(=O)O.NCCN.[Na+].[Na+].[Na+].[Na+]. The van der Waals surface area contributed by atoms with E-state index in [4.69, 9.17) is 51.1 Å². The summed E-state index contributed by atoms with van der Waals surface area (Å²) in [6.07, 6.45) is 0. The molecule has 0 amide bonds. The van der Waals surface area contributed by atoms with Gasteiger partial charge in [0, 0.05) is 40.8 Å². The maximum Gasteiger partial charge on any atom is 1.00 e. The van der Waals surface area contributed by atoms with Crippen LogP contribution in [0.1, 0.15) is 27.7 Å². The Kier molecular flexibility index (Phi) is 132. The number of hydrogen-bond donors (Lipinski definition) is 6. The first kappa shape index (κ1) is 56.2.